The SMILES string of the molecule is CC(C)CC(N)C(=O)NC(C(=O)NC(Cc1ccccc1)C(=O)NC(Cc1ccccc1)C(=O)NC(C)C(=O)NC(CCC(=O)O)C(=O)O)C(C)C. The molecule has 0 saturated carbocycles. The molecule has 0 heterocycles. The molecule has 0 spiro atoms. The first-order valence-corrected chi connectivity index (χ1v) is 17.3. The number of nitrogens with one attached hydrogen (secondary N) is 5. The Labute approximate surface area is 303 Å². The Morgan fingerprint density at radius 3 is 1.50 bits per heavy atom. The molecule has 2 aromatic carbocycles. The van der Waals surface area contributed by atoms with E-state index >= 15 is 0 Å². The lowest BCUT2D eigenvalue weighted by Gasteiger charge is -2.28. The second-order valence-corrected chi connectivity index (χ2v) is 13.5. The van der Waals surface area contributed by atoms with Gasteiger partial charge in [-0.1, -0.05) is 88.4 Å². The summed E-state index contributed by atoms with van der Waals surface area (Å²) in [5.41, 5.74) is 7.44. The van der Waals surface area contributed by atoms with Crippen molar-refractivity contribution in [3.8, 4) is 0 Å². The van der Waals surface area contributed by atoms with Gasteiger partial charge in [-0.15, -0.1) is 0 Å². The molecule has 0 radical (unpaired) electrons. The molecule has 0 aliphatic carbocycles. The topological polar surface area (TPSA) is 246 Å². The van der Waals surface area contributed by atoms with Crippen LogP contribution in [0.5, 0.6) is 0 Å². The van der Waals surface area contributed by atoms with Crippen LogP contribution in [0.25, 0.3) is 0 Å². The van der Waals surface area contributed by atoms with Crippen LogP contribution in [0.15, 0.2) is 60.7 Å². The van der Waals surface area contributed by atoms with Crippen molar-refractivity contribution in [2.75, 3.05) is 0 Å². The highest BCUT2D eigenvalue weighted by molar-refractivity contribution is 5.96. The van der Waals surface area contributed by atoms with Crippen molar-refractivity contribution in [3.63, 3.8) is 0 Å². The zero-order valence-electron chi connectivity index (χ0n) is 30.3. The number of carbonyl (C=O) groups excluding carboxylic acids is 5. The Kier molecular flexibility index (Phi) is 17.4. The van der Waals surface area contributed by atoms with Gasteiger partial charge in [-0.05, 0) is 42.7 Å². The number of hydrogen-bond acceptors (Lipinski definition) is 8. The summed E-state index contributed by atoms with van der Waals surface area (Å²) < 4.78 is 0. The maximum absolute atomic E-state index is 14.0. The van der Waals surface area contributed by atoms with Gasteiger partial charge < -0.3 is 42.5 Å². The average molecular weight is 725 g/mol. The van der Waals surface area contributed by atoms with E-state index in [4.69, 9.17) is 10.8 Å². The predicted molar refractivity (Wildman–Crippen MR) is 192 cm³/mol. The second kappa shape index (κ2) is 21.1. The van der Waals surface area contributed by atoms with E-state index in [1.54, 1.807) is 74.5 Å². The van der Waals surface area contributed by atoms with E-state index in [2.05, 4.69) is 26.6 Å². The molecule has 0 aromatic heterocycles. The van der Waals surface area contributed by atoms with Gasteiger partial charge in [0.2, 0.25) is 29.5 Å². The zero-order valence-corrected chi connectivity index (χ0v) is 30.3. The fraction of sp³-hybridized carbons (Fsp3) is 0.486. The van der Waals surface area contributed by atoms with Crippen LogP contribution in [-0.2, 0) is 46.4 Å². The van der Waals surface area contributed by atoms with Crippen molar-refractivity contribution in [1.29, 1.82) is 0 Å². The van der Waals surface area contributed by atoms with E-state index in [-0.39, 0.29) is 31.1 Å². The Morgan fingerprint density at radius 1 is 0.596 bits per heavy atom. The van der Waals surface area contributed by atoms with Crippen molar-refractivity contribution in [1.82, 2.24) is 26.6 Å². The number of aliphatic carboxylic acids is 2. The van der Waals surface area contributed by atoms with Crippen molar-refractivity contribution in [2.45, 2.75) is 103 Å². The molecule has 284 valence electrons. The van der Waals surface area contributed by atoms with Gasteiger partial charge in [-0.25, -0.2) is 4.79 Å². The van der Waals surface area contributed by atoms with Crippen molar-refractivity contribution in [2.24, 2.45) is 17.6 Å². The van der Waals surface area contributed by atoms with Crippen LogP contribution in [0.4, 0.5) is 0 Å². The first-order chi connectivity index (χ1) is 24.5. The quantitative estimate of drug-likeness (QED) is 0.0904. The molecule has 9 N–H and O–H groups in total. The lowest BCUT2D eigenvalue weighted by molar-refractivity contribution is -0.143. The van der Waals surface area contributed by atoms with Crippen LogP contribution >= 0.6 is 0 Å². The van der Waals surface area contributed by atoms with E-state index < -0.39 is 84.1 Å². The van der Waals surface area contributed by atoms with Crippen molar-refractivity contribution < 1.29 is 43.8 Å². The summed E-state index contributed by atoms with van der Waals surface area (Å²) in [4.78, 5) is 89.6. The summed E-state index contributed by atoms with van der Waals surface area (Å²) in [6, 6.07) is 10.6. The smallest absolute Gasteiger partial charge is 0.326 e. The first kappa shape index (κ1) is 42.9. The summed E-state index contributed by atoms with van der Waals surface area (Å²) in [5, 5.41) is 31.3. The molecule has 2 rings (SSSR count). The molecule has 0 fully saturated rings. The van der Waals surface area contributed by atoms with Crippen LogP contribution < -0.4 is 32.3 Å². The minimum Gasteiger partial charge on any atom is -0.481 e. The Bertz CT molecular complexity index is 1520. The van der Waals surface area contributed by atoms with E-state index in [9.17, 15) is 38.7 Å². The Balaban J connectivity index is 2.33. The number of hydrogen-bond donors (Lipinski definition) is 8. The van der Waals surface area contributed by atoms with Gasteiger partial charge in [-0.2, -0.15) is 0 Å². The average Bonchev–Trinajstić information content (AvgIpc) is 3.08. The van der Waals surface area contributed by atoms with Crippen molar-refractivity contribution in [3.05, 3.63) is 71.8 Å². The predicted octanol–water partition coefficient (Wildman–Crippen LogP) is 0.895. The maximum atomic E-state index is 14.0. The minimum atomic E-state index is -1.50. The number of carboxylic acid groups (broad SMARTS) is 2. The second-order valence-electron chi connectivity index (χ2n) is 13.5. The van der Waals surface area contributed by atoms with Gasteiger partial charge in [0.25, 0.3) is 0 Å². The molecule has 5 amide bonds. The molecule has 6 atom stereocenters. The molecular weight excluding hydrogens is 672 g/mol. The lowest BCUT2D eigenvalue weighted by Crippen LogP contribution is -2.60. The number of carbonyl (C=O) groups is 7. The third-order valence-electron chi connectivity index (χ3n) is 8.15. The number of amides is 5. The van der Waals surface area contributed by atoms with Crippen LogP contribution in [0.2, 0.25) is 0 Å². The molecule has 0 bridgehead atoms. The van der Waals surface area contributed by atoms with E-state index in [1.165, 1.54) is 6.92 Å². The van der Waals surface area contributed by atoms with Gasteiger partial charge >= 0.3 is 11.9 Å². The molecule has 6 unspecified atom stereocenters. The Hall–Kier alpha value is -5.31. The standard InChI is InChI=1S/C37H52N6O9/c1-21(2)18-26(38)33(47)43-31(22(3)4)36(50)42-29(20-25-14-10-7-11-15-25)35(49)41-28(19-24-12-8-6-9-13-24)34(48)39-23(5)32(46)40-27(37(51)52)16-17-30(44)45/h6-15,21-23,26-29,31H,16-20,38H2,1-5H3,(H,39,48)(H,40,46)(H,41,49)(H,42,50)(H,43,47)(H,44,45)(H,51,52). The van der Waals surface area contributed by atoms with E-state index in [0.717, 1.165) is 0 Å². The number of nitrogens with two attached hydrogens (primary N) is 1. The molecule has 0 aliphatic rings. The summed E-state index contributed by atoms with van der Waals surface area (Å²) >= 11 is 0. The molecule has 52 heavy (non-hydrogen) atoms. The summed E-state index contributed by atoms with van der Waals surface area (Å²) in [7, 11) is 0. The van der Waals surface area contributed by atoms with E-state index in [1.807, 2.05) is 13.8 Å². The highest BCUT2D eigenvalue weighted by atomic mass is 16.4. The maximum Gasteiger partial charge on any atom is 0.326 e. The van der Waals surface area contributed by atoms with Crippen LogP contribution in [0.1, 0.15) is 65.0 Å². The lowest BCUT2D eigenvalue weighted by atomic mass is 9.99. The Morgan fingerprint density at radius 2 is 1.06 bits per heavy atom. The normalized spacial score (nSPS) is 14.5. The summed E-state index contributed by atoms with van der Waals surface area (Å²) in [6.45, 7) is 8.65. The highest BCUT2D eigenvalue weighted by Gasteiger charge is 2.33. The van der Waals surface area contributed by atoms with Gasteiger partial charge in [0.1, 0.15) is 30.2 Å². The van der Waals surface area contributed by atoms with Crippen LogP contribution in [0, 0.1) is 11.8 Å². The van der Waals surface area contributed by atoms with Gasteiger partial charge in [0.15, 0.2) is 0 Å². The van der Waals surface area contributed by atoms with Gasteiger partial charge in [0.05, 0.1) is 6.04 Å². The molecule has 15 heteroatoms. The zero-order chi connectivity index (χ0) is 39.0. The summed E-state index contributed by atoms with van der Waals surface area (Å²) in [5.74, 6) is -6.38. The third kappa shape index (κ3) is 14.9. The number of benzene rings is 2. The largest absolute Gasteiger partial charge is 0.481 e. The van der Waals surface area contributed by atoms with Crippen molar-refractivity contribution >= 4 is 41.5 Å². The van der Waals surface area contributed by atoms with Crippen LogP contribution in [-0.4, -0.2) is 87.9 Å². The first-order valence-electron chi connectivity index (χ1n) is 17.3. The summed E-state index contributed by atoms with van der Waals surface area (Å²) in [6.07, 6.45) is -0.430. The number of carboxylic acids is 2. The molecule has 0 saturated heterocycles. The van der Waals surface area contributed by atoms with E-state index in [0.29, 0.717) is 17.5 Å². The fourth-order valence-corrected chi connectivity index (χ4v) is 5.26. The molecule has 0 aliphatic heterocycles. The number of rotatable bonds is 21. The monoisotopic (exact) mass is 724 g/mol. The molecule has 2 aromatic rings. The van der Waals surface area contributed by atoms with Gasteiger partial charge in [0, 0.05) is 19.3 Å². The van der Waals surface area contributed by atoms with Crippen LogP contribution in [0.3, 0.4) is 0 Å². The highest BCUT2D eigenvalue weighted by Crippen LogP contribution is 2.11. The molecular formula is C37H52N6O9. The molecule has 15 nitrogen and oxygen atoms in total. The third-order valence-corrected chi connectivity index (χ3v) is 8.15. The minimum absolute atomic E-state index is 0.00641. The fourth-order valence-electron chi connectivity index (χ4n) is 5.26. The van der Waals surface area contributed by atoms with Gasteiger partial charge in [-0.3, -0.25) is 28.8 Å².